The fourth-order valence-electron chi connectivity index (χ4n) is 4.02. The van der Waals surface area contributed by atoms with E-state index >= 15 is 0 Å². The lowest BCUT2D eigenvalue weighted by molar-refractivity contribution is -0.910. The molecule has 4 rings (SSSR count). The zero-order valence-electron chi connectivity index (χ0n) is 16.8. The Bertz CT molecular complexity index is 989. The van der Waals surface area contributed by atoms with Gasteiger partial charge in [0.1, 0.15) is 6.04 Å². The Morgan fingerprint density at radius 1 is 1.00 bits per heavy atom. The molecule has 3 N–H and O–H groups in total. The molecule has 1 aliphatic rings. The van der Waals surface area contributed by atoms with E-state index in [1.165, 1.54) is 9.78 Å². The highest BCUT2D eigenvalue weighted by molar-refractivity contribution is 7.10. The van der Waals surface area contributed by atoms with E-state index in [2.05, 4.69) is 28.1 Å². The monoisotopic (exact) mass is 420 g/mol. The van der Waals surface area contributed by atoms with Gasteiger partial charge in [-0.15, -0.1) is 11.3 Å². The number of likely N-dealkylation sites (tertiary alicyclic amines) is 1. The van der Waals surface area contributed by atoms with Crippen LogP contribution in [0.5, 0.6) is 0 Å². The molecule has 0 aliphatic carbocycles. The van der Waals surface area contributed by atoms with Crippen molar-refractivity contribution in [3.05, 3.63) is 88.1 Å². The number of thiophene rings is 1. The van der Waals surface area contributed by atoms with Crippen LogP contribution < -0.4 is 15.5 Å². The van der Waals surface area contributed by atoms with E-state index in [9.17, 15) is 9.59 Å². The summed E-state index contributed by atoms with van der Waals surface area (Å²) >= 11 is 1.76. The summed E-state index contributed by atoms with van der Waals surface area (Å²) in [5, 5.41) is 7.99. The predicted molar refractivity (Wildman–Crippen MR) is 120 cm³/mol. The number of para-hydroxylation sites is 1. The van der Waals surface area contributed by atoms with Gasteiger partial charge in [0.25, 0.3) is 11.8 Å². The Kier molecular flexibility index (Phi) is 6.57. The number of anilines is 1. The van der Waals surface area contributed by atoms with Crippen LogP contribution in [0, 0.1) is 0 Å². The van der Waals surface area contributed by atoms with E-state index in [0.29, 0.717) is 30.4 Å². The summed E-state index contributed by atoms with van der Waals surface area (Å²) in [5.74, 6) is -0.253. The van der Waals surface area contributed by atoms with E-state index in [-0.39, 0.29) is 11.8 Å². The Hall–Kier alpha value is -2.96. The van der Waals surface area contributed by atoms with Crippen LogP contribution in [0.2, 0.25) is 0 Å². The molecule has 3 aromatic rings. The molecule has 2 aromatic carbocycles. The van der Waals surface area contributed by atoms with E-state index in [1.54, 1.807) is 23.5 Å². The van der Waals surface area contributed by atoms with Crippen molar-refractivity contribution in [3.8, 4) is 0 Å². The lowest BCUT2D eigenvalue weighted by Gasteiger charge is -2.20. The first-order valence-electron chi connectivity index (χ1n) is 10.3. The third-order valence-electron chi connectivity index (χ3n) is 5.50. The number of carbonyl (C=O) groups is 2. The van der Waals surface area contributed by atoms with Crippen LogP contribution in [0.1, 0.15) is 39.7 Å². The summed E-state index contributed by atoms with van der Waals surface area (Å²) in [4.78, 5) is 28.1. The molecule has 1 unspecified atom stereocenters. The molecule has 0 spiro atoms. The highest BCUT2D eigenvalue weighted by Crippen LogP contribution is 2.23. The number of rotatable bonds is 7. The second kappa shape index (κ2) is 9.69. The van der Waals surface area contributed by atoms with Gasteiger partial charge in [-0.1, -0.05) is 48.5 Å². The summed E-state index contributed by atoms with van der Waals surface area (Å²) < 4.78 is 0. The smallest absolute Gasteiger partial charge is 0.279 e. The average Bonchev–Trinajstić information content (AvgIpc) is 3.45. The van der Waals surface area contributed by atoms with Crippen LogP contribution in [0.4, 0.5) is 5.69 Å². The highest BCUT2D eigenvalue weighted by Gasteiger charge is 2.32. The van der Waals surface area contributed by atoms with Gasteiger partial charge in [0.2, 0.25) is 0 Å². The molecule has 154 valence electrons. The molecule has 1 aromatic heterocycles. The van der Waals surface area contributed by atoms with Crippen LogP contribution in [0.25, 0.3) is 0 Å². The second-order valence-corrected chi connectivity index (χ2v) is 8.54. The Morgan fingerprint density at radius 3 is 2.60 bits per heavy atom. The van der Waals surface area contributed by atoms with Gasteiger partial charge in [-0.05, 0) is 29.1 Å². The number of nitrogens with one attached hydrogen (secondary N) is 3. The van der Waals surface area contributed by atoms with Gasteiger partial charge < -0.3 is 15.5 Å². The molecular weight excluding hydrogens is 394 g/mol. The third-order valence-corrected chi connectivity index (χ3v) is 6.49. The first kappa shape index (κ1) is 20.3. The van der Waals surface area contributed by atoms with E-state index in [4.69, 9.17) is 0 Å². The maximum atomic E-state index is 12.8. The molecular formula is C24H26N3O2S+. The molecule has 2 amide bonds. The summed E-state index contributed by atoms with van der Waals surface area (Å²) in [6.45, 7) is 1.85. The van der Waals surface area contributed by atoms with Gasteiger partial charge in [-0.2, -0.15) is 0 Å². The van der Waals surface area contributed by atoms with Gasteiger partial charge in [-0.3, -0.25) is 9.59 Å². The van der Waals surface area contributed by atoms with Gasteiger partial charge in [0.05, 0.1) is 22.7 Å². The normalized spacial score (nSPS) is 18.1. The number of carbonyl (C=O) groups excluding carboxylic acids is 2. The van der Waals surface area contributed by atoms with Crippen molar-refractivity contribution in [1.82, 2.24) is 5.32 Å². The van der Waals surface area contributed by atoms with Crippen molar-refractivity contribution < 1.29 is 14.5 Å². The molecule has 5 nitrogen and oxygen atoms in total. The minimum atomic E-state index is -0.195. The molecule has 0 bridgehead atoms. The molecule has 2 atom stereocenters. The van der Waals surface area contributed by atoms with Gasteiger partial charge in [-0.25, -0.2) is 0 Å². The van der Waals surface area contributed by atoms with Gasteiger partial charge in [0.15, 0.2) is 6.54 Å². The molecule has 1 saturated heterocycles. The van der Waals surface area contributed by atoms with Crippen LogP contribution >= 0.6 is 11.3 Å². The maximum absolute atomic E-state index is 12.8. The number of hydrogen-bond donors (Lipinski definition) is 3. The van der Waals surface area contributed by atoms with Crippen molar-refractivity contribution >= 4 is 28.8 Å². The van der Waals surface area contributed by atoms with Gasteiger partial charge in [0, 0.05) is 19.4 Å². The summed E-state index contributed by atoms with van der Waals surface area (Å²) in [6, 6.07) is 21.6. The van der Waals surface area contributed by atoms with Crippen LogP contribution in [-0.2, 0) is 11.3 Å². The first-order valence-corrected chi connectivity index (χ1v) is 11.2. The zero-order valence-corrected chi connectivity index (χ0v) is 17.6. The zero-order chi connectivity index (χ0) is 20.8. The molecule has 6 heteroatoms. The minimum Gasteiger partial charge on any atom is -0.348 e. The van der Waals surface area contributed by atoms with Crippen LogP contribution in [-0.4, -0.2) is 24.9 Å². The Balaban J connectivity index is 1.38. The summed E-state index contributed by atoms with van der Waals surface area (Å²) in [6.07, 6.45) is 2.24. The summed E-state index contributed by atoms with van der Waals surface area (Å²) in [5.41, 5.74) is 2.07. The SMILES string of the molecule is O=C(C[NH+]1CCC[C@H]1c1cccs1)Nc1ccccc1C(=O)NCc1ccccc1. The molecule has 30 heavy (non-hydrogen) atoms. The van der Waals surface area contributed by atoms with E-state index < -0.39 is 0 Å². The third kappa shape index (κ3) is 4.96. The van der Waals surface area contributed by atoms with Crippen molar-refractivity contribution in [1.29, 1.82) is 0 Å². The quantitative estimate of drug-likeness (QED) is 0.550. The van der Waals surface area contributed by atoms with Crippen molar-refractivity contribution in [2.24, 2.45) is 0 Å². The van der Waals surface area contributed by atoms with E-state index in [1.807, 2.05) is 42.5 Å². The molecule has 1 fully saturated rings. The first-order chi connectivity index (χ1) is 14.7. The van der Waals surface area contributed by atoms with E-state index in [0.717, 1.165) is 24.9 Å². The number of hydrogen-bond acceptors (Lipinski definition) is 3. The van der Waals surface area contributed by atoms with Crippen LogP contribution in [0.3, 0.4) is 0 Å². The lowest BCUT2D eigenvalue weighted by atomic mass is 10.1. The Labute approximate surface area is 180 Å². The Morgan fingerprint density at radius 2 is 1.80 bits per heavy atom. The molecule has 1 aliphatic heterocycles. The van der Waals surface area contributed by atoms with Gasteiger partial charge >= 0.3 is 0 Å². The van der Waals surface area contributed by atoms with Crippen molar-refractivity contribution in [2.75, 3.05) is 18.4 Å². The molecule has 0 saturated carbocycles. The maximum Gasteiger partial charge on any atom is 0.279 e. The van der Waals surface area contributed by atoms with Crippen molar-refractivity contribution in [3.63, 3.8) is 0 Å². The van der Waals surface area contributed by atoms with Crippen molar-refractivity contribution in [2.45, 2.75) is 25.4 Å². The fourth-order valence-corrected chi connectivity index (χ4v) is 4.94. The topological polar surface area (TPSA) is 62.6 Å². The largest absolute Gasteiger partial charge is 0.348 e. The highest BCUT2D eigenvalue weighted by atomic mass is 32.1. The molecule has 2 heterocycles. The van der Waals surface area contributed by atoms with Crippen LogP contribution in [0.15, 0.2) is 72.1 Å². The standard InChI is InChI=1S/C24H25N3O2S/c28-23(17-27-14-6-12-21(27)22-13-7-15-30-22)26-20-11-5-4-10-19(20)24(29)25-16-18-8-2-1-3-9-18/h1-5,7-11,13,15,21H,6,12,14,16-17H2,(H,25,29)(H,26,28)/p+1/t21-/m0/s1. The number of quaternary nitrogens is 1. The average molecular weight is 421 g/mol. The minimum absolute atomic E-state index is 0.0586. The number of benzene rings is 2. The molecule has 0 radical (unpaired) electrons. The summed E-state index contributed by atoms with van der Waals surface area (Å²) in [7, 11) is 0. The predicted octanol–water partition coefficient (Wildman–Crippen LogP) is 3.04. The second-order valence-electron chi connectivity index (χ2n) is 7.56. The fraction of sp³-hybridized carbons (Fsp3) is 0.250. The number of amides is 2. The lowest BCUT2D eigenvalue weighted by Crippen LogP contribution is -3.11.